The van der Waals surface area contributed by atoms with Crippen molar-refractivity contribution in [1.82, 2.24) is 0 Å². The predicted molar refractivity (Wildman–Crippen MR) is 61.0 cm³/mol. The van der Waals surface area contributed by atoms with Crippen molar-refractivity contribution >= 4 is 28.3 Å². The Labute approximate surface area is 92.0 Å². The van der Waals surface area contributed by atoms with Crippen LogP contribution in [0.1, 0.15) is 0 Å². The van der Waals surface area contributed by atoms with Crippen LogP contribution in [0.3, 0.4) is 0 Å². The van der Waals surface area contributed by atoms with Crippen LogP contribution < -0.4 is 4.90 Å². The van der Waals surface area contributed by atoms with Crippen LogP contribution in [0.4, 0.5) is 5.69 Å². The zero-order chi connectivity index (χ0) is 9.10. The minimum Gasteiger partial charge on any atom is -0.378 e. The van der Waals surface area contributed by atoms with Crippen molar-refractivity contribution in [2.45, 2.75) is 0 Å². The molecule has 0 unspecified atom stereocenters. The van der Waals surface area contributed by atoms with Gasteiger partial charge in [0.1, 0.15) is 0 Å². The minimum atomic E-state index is 0.838. The SMILES string of the molecule is Ic1cc[c]cc1N1CCOCC1. The third kappa shape index (κ3) is 2.14. The van der Waals surface area contributed by atoms with Gasteiger partial charge in [-0.15, -0.1) is 0 Å². The van der Waals surface area contributed by atoms with Crippen LogP contribution in [0.15, 0.2) is 18.2 Å². The molecule has 0 N–H and O–H groups in total. The summed E-state index contributed by atoms with van der Waals surface area (Å²) in [5, 5.41) is 0. The van der Waals surface area contributed by atoms with Crippen molar-refractivity contribution in [1.29, 1.82) is 0 Å². The summed E-state index contributed by atoms with van der Waals surface area (Å²) in [5.74, 6) is 0. The first-order valence-electron chi connectivity index (χ1n) is 4.36. The molecule has 69 valence electrons. The van der Waals surface area contributed by atoms with E-state index >= 15 is 0 Å². The first-order chi connectivity index (χ1) is 6.38. The number of nitrogens with zero attached hydrogens (tertiary/aromatic N) is 1. The van der Waals surface area contributed by atoms with E-state index in [1.807, 2.05) is 12.1 Å². The first kappa shape index (κ1) is 9.27. The Morgan fingerprint density at radius 2 is 2.15 bits per heavy atom. The second kappa shape index (κ2) is 4.28. The molecule has 1 fully saturated rings. The number of hydrogen-bond acceptors (Lipinski definition) is 2. The number of hydrogen-bond donors (Lipinski definition) is 0. The fourth-order valence-corrected chi connectivity index (χ4v) is 2.13. The van der Waals surface area contributed by atoms with Gasteiger partial charge < -0.3 is 9.64 Å². The number of morpholine rings is 1. The number of halogens is 1. The summed E-state index contributed by atoms with van der Waals surface area (Å²) < 4.78 is 6.60. The quantitative estimate of drug-likeness (QED) is 0.732. The highest BCUT2D eigenvalue weighted by atomic mass is 127. The van der Waals surface area contributed by atoms with Crippen LogP contribution in [0, 0.1) is 9.64 Å². The van der Waals surface area contributed by atoms with Crippen LogP contribution >= 0.6 is 22.6 Å². The Morgan fingerprint density at radius 3 is 2.85 bits per heavy atom. The molecule has 2 nitrogen and oxygen atoms in total. The monoisotopic (exact) mass is 288 g/mol. The van der Waals surface area contributed by atoms with E-state index in [9.17, 15) is 0 Å². The third-order valence-corrected chi connectivity index (χ3v) is 3.05. The van der Waals surface area contributed by atoms with Crippen molar-refractivity contribution in [2.75, 3.05) is 31.2 Å². The van der Waals surface area contributed by atoms with Crippen molar-refractivity contribution in [3.63, 3.8) is 0 Å². The minimum absolute atomic E-state index is 0.838. The molecule has 3 heteroatoms. The Balaban J connectivity index is 2.18. The molecule has 0 aliphatic carbocycles. The second-order valence-electron chi connectivity index (χ2n) is 2.98. The molecule has 2 rings (SSSR count). The van der Waals surface area contributed by atoms with Gasteiger partial charge in [0.25, 0.3) is 0 Å². The Hall–Kier alpha value is -0.290. The second-order valence-corrected chi connectivity index (χ2v) is 4.14. The van der Waals surface area contributed by atoms with Crippen LogP contribution in [-0.2, 0) is 4.74 Å². The number of benzene rings is 1. The van der Waals surface area contributed by atoms with Gasteiger partial charge in [0.05, 0.1) is 18.9 Å². The van der Waals surface area contributed by atoms with E-state index in [4.69, 9.17) is 4.74 Å². The molecule has 0 saturated carbocycles. The summed E-state index contributed by atoms with van der Waals surface area (Å²) in [6, 6.07) is 9.20. The van der Waals surface area contributed by atoms with Crippen LogP contribution in [-0.4, -0.2) is 26.3 Å². The lowest BCUT2D eigenvalue weighted by Crippen LogP contribution is -2.36. The smallest absolute Gasteiger partial charge is 0.0642 e. The van der Waals surface area contributed by atoms with E-state index in [0.29, 0.717) is 0 Å². The molecule has 1 aromatic rings. The summed E-state index contributed by atoms with van der Waals surface area (Å²) in [5.41, 5.74) is 1.28. The maximum atomic E-state index is 5.31. The van der Waals surface area contributed by atoms with Gasteiger partial charge in [0, 0.05) is 16.7 Å². The fourth-order valence-electron chi connectivity index (χ4n) is 1.45. The summed E-state index contributed by atoms with van der Waals surface area (Å²) in [6.07, 6.45) is 0. The molecule has 0 amide bonds. The van der Waals surface area contributed by atoms with Gasteiger partial charge in [-0.1, -0.05) is 6.07 Å². The number of rotatable bonds is 1. The van der Waals surface area contributed by atoms with Crippen molar-refractivity contribution in [3.05, 3.63) is 27.8 Å². The summed E-state index contributed by atoms with van der Waals surface area (Å²) in [6.45, 7) is 3.66. The third-order valence-electron chi connectivity index (χ3n) is 2.14. The molecule has 1 aromatic carbocycles. The molecular weight excluding hydrogens is 277 g/mol. The number of ether oxygens (including phenoxy) is 1. The molecule has 1 saturated heterocycles. The van der Waals surface area contributed by atoms with E-state index in [1.165, 1.54) is 9.26 Å². The van der Waals surface area contributed by atoms with Crippen LogP contribution in [0.25, 0.3) is 0 Å². The summed E-state index contributed by atoms with van der Waals surface area (Å²) >= 11 is 2.36. The highest BCUT2D eigenvalue weighted by Gasteiger charge is 2.12. The van der Waals surface area contributed by atoms with E-state index in [0.717, 1.165) is 26.3 Å². The molecule has 1 aliphatic heterocycles. The van der Waals surface area contributed by atoms with Gasteiger partial charge in [-0.3, -0.25) is 0 Å². The lowest BCUT2D eigenvalue weighted by molar-refractivity contribution is 0.122. The molecule has 1 heterocycles. The zero-order valence-corrected chi connectivity index (χ0v) is 9.45. The van der Waals surface area contributed by atoms with Crippen molar-refractivity contribution in [3.8, 4) is 0 Å². The van der Waals surface area contributed by atoms with E-state index in [-0.39, 0.29) is 0 Å². The molecule has 13 heavy (non-hydrogen) atoms. The Kier molecular flexibility index (Phi) is 3.05. The number of anilines is 1. The van der Waals surface area contributed by atoms with Crippen LogP contribution in [0.2, 0.25) is 0 Å². The average molecular weight is 288 g/mol. The maximum Gasteiger partial charge on any atom is 0.0642 e. The van der Waals surface area contributed by atoms with E-state index in [1.54, 1.807) is 0 Å². The average Bonchev–Trinajstić information content (AvgIpc) is 2.20. The van der Waals surface area contributed by atoms with Crippen LogP contribution in [0.5, 0.6) is 0 Å². The molecule has 0 bridgehead atoms. The highest BCUT2D eigenvalue weighted by Crippen LogP contribution is 2.22. The van der Waals surface area contributed by atoms with Crippen molar-refractivity contribution in [2.24, 2.45) is 0 Å². The molecule has 0 spiro atoms. The summed E-state index contributed by atoms with van der Waals surface area (Å²) in [4.78, 5) is 2.35. The van der Waals surface area contributed by atoms with Gasteiger partial charge in [0.2, 0.25) is 0 Å². The van der Waals surface area contributed by atoms with E-state index in [2.05, 4.69) is 39.6 Å². The Morgan fingerprint density at radius 1 is 1.38 bits per heavy atom. The van der Waals surface area contributed by atoms with Gasteiger partial charge >= 0.3 is 0 Å². The first-order valence-corrected chi connectivity index (χ1v) is 5.44. The topological polar surface area (TPSA) is 12.5 Å². The van der Waals surface area contributed by atoms with Gasteiger partial charge in [-0.05, 0) is 40.8 Å². The standard InChI is InChI=1S/C10H11INO/c11-9-3-1-2-4-10(9)12-5-7-13-8-6-12/h1,3-4H,5-8H2. The largest absolute Gasteiger partial charge is 0.378 e. The lowest BCUT2D eigenvalue weighted by Gasteiger charge is -2.29. The summed E-state index contributed by atoms with van der Waals surface area (Å²) in [7, 11) is 0. The maximum absolute atomic E-state index is 5.31. The molecule has 0 atom stereocenters. The van der Waals surface area contributed by atoms with E-state index < -0.39 is 0 Å². The van der Waals surface area contributed by atoms with Crippen molar-refractivity contribution < 1.29 is 4.74 Å². The normalized spacial score (nSPS) is 17.5. The molecular formula is C10H11INO. The lowest BCUT2D eigenvalue weighted by atomic mass is 10.3. The van der Waals surface area contributed by atoms with Gasteiger partial charge in [-0.2, -0.15) is 0 Å². The van der Waals surface area contributed by atoms with Gasteiger partial charge in [0.15, 0.2) is 0 Å². The molecule has 1 radical (unpaired) electrons. The predicted octanol–water partition coefficient (Wildman–Crippen LogP) is 1.93. The van der Waals surface area contributed by atoms with Gasteiger partial charge in [-0.25, -0.2) is 0 Å². The molecule has 1 aliphatic rings. The zero-order valence-electron chi connectivity index (χ0n) is 7.29. The fraction of sp³-hybridized carbons (Fsp3) is 0.400. The Bertz CT molecular complexity index is 284. The highest BCUT2D eigenvalue weighted by molar-refractivity contribution is 14.1. The molecule has 0 aromatic heterocycles.